The highest BCUT2D eigenvalue weighted by molar-refractivity contribution is 7.11. The Kier molecular flexibility index (Phi) is 5.03. The lowest BCUT2D eigenvalue weighted by atomic mass is 10.2. The van der Waals surface area contributed by atoms with Gasteiger partial charge in [-0.1, -0.05) is 11.6 Å². The van der Waals surface area contributed by atoms with E-state index in [2.05, 4.69) is 15.6 Å². The smallest absolute Gasteiger partial charge is 0.319 e. The number of aryl methyl sites for hydroxylation is 1. The Morgan fingerprint density at radius 3 is 2.76 bits per heavy atom. The number of thiazole rings is 1. The zero-order valence-electron chi connectivity index (χ0n) is 12.1. The molecule has 0 bridgehead atoms. The Bertz CT molecular complexity index is 642. The number of hydrogen-bond donors (Lipinski definition) is 2. The molecular formula is C14H17ClN4OS. The maximum absolute atomic E-state index is 11.8. The Morgan fingerprint density at radius 2 is 2.19 bits per heavy atom. The van der Waals surface area contributed by atoms with Crippen LogP contribution in [0.1, 0.15) is 9.88 Å². The molecule has 0 aliphatic heterocycles. The molecule has 112 valence electrons. The average molecular weight is 325 g/mol. The van der Waals surface area contributed by atoms with Gasteiger partial charge >= 0.3 is 6.03 Å². The second kappa shape index (κ2) is 6.78. The third-order valence-electron chi connectivity index (χ3n) is 2.78. The first-order valence-electron chi connectivity index (χ1n) is 6.39. The Balaban J connectivity index is 1.92. The molecule has 1 heterocycles. The minimum atomic E-state index is -0.269. The average Bonchev–Trinajstić information content (AvgIpc) is 2.82. The molecule has 21 heavy (non-hydrogen) atoms. The fourth-order valence-electron chi connectivity index (χ4n) is 1.78. The number of nitrogens with zero attached hydrogens (tertiary/aromatic N) is 2. The molecule has 0 atom stereocenters. The van der Waals surface area contributed by atoms with Gasteiger partial charge in [0.1, 0.15) is 0 Å². The quantitative estimate of drug-likeness (QED) is 0.905. The van der Waals surface area contributed by atoms with Crippen LogP contribution >= 0.6 is 22.9 Å². The van der Waals surface area contributed by atoms with Gasteiger partial charge in [-0.15, -0.1) is 11.3 Å². The number of rotatable bonds is 4. The third kappa shape index (κ3) is 4.34. The van der Waals surface area contributed by atoms with Crippen molar-refractivity contribution >= 4 is 40.3 Å². The summed E-state index contributed by atoms with van der Waals surface area (Å²) in [7, 11) is 3.83. The van der Waals surface area contributed by atoms with E-state index in [1.54, 1.807) is 23.6 Å². The highest BCUT2D eigenvalue weighted by Crippen LogP contribution is 2.27. The van der Waals surface area contributed by atoms with E-state index in [-0.39, 0.29) is 6.03 Å². The van der Waals surface area contributed by atoms with E-state index in [4.69, 9.17) is 11.6 Å². The van der Waals surface area contributed by atoms with Crippen LogP contribution in [0.15, 0.2) is 24.4 Å². The van der Waals surface area contributed by atoms with Crippen molar-refractivity contribution in [1.82, 2.24) is 10.3 Å². The molecule has 5 nitrogen and oxygen atoms in total. The molecule has 0 saturated heterocycles. The van der Waals surface area contributed by atoms with Gasteiger partial charge in [0.25, 0.3) is 0 Å². The summed E-state index contributed by atoms with van der Waals surface area (Å²) in [6.45, 7) is 2.39. The molecule has 0 aliphatic carbocycles. The molecule has 0 fully saturated rings. The monoisotopic (exact) mass is 324 g/mol. The van der Waals surface area contributed by atoms with Crippen molar-refractivity contribution in [2.24, 2.45) is 0 Å². The number of carbonyl (C=O) groups is 1. The SMILES string of the molecule is Cc1ncc(CNC(=O)Nc2ccc(N(C)C)c(Cl)c2)s1. The molecule has 2 N–H and O–H groups in total. The molecule has 1 aromatic heterocycles. The van der Waals surface area contributed by atoms with E-state index in [0.717, 1.165) is 15.6 Å². The number of benzene rings is 1. The lowest BCUT2D eigenvalue weighted by molar-refractivity contribution is 0.252. The summed E-state index contributed by atoms with van der Waals surface area (Å²) in [6, 6.07) is 5.14. The van der Waals surface area contributed by atoms with Gasteiger partial charge in [-0.2, -0.15) is 0 Å². The summed E-state index contributed by atoms with van der Waals surface area (Å²) in [5.74, 6) is 0. The van der Waals surface area contributed by atoms with Crippen molar-refractivity contribution in [3.63, 3.8) is 0 Å². The molecule has 0 spiro atoms. The predicted octanol–water partition coefficient (Wildman–Crippen LogP) is 3.49. The predicted molar refractivity (Wildman–Crippen MR) is 88.5 cm³/mol. The highest BCUT2D eigenvalue weighted by atomic mass is 35.5. The Morgan fingerprint density at radius 1 is 1.43 bits per heavy atom. The van der Waals surface area contributed by atoms with E-state index in [1.807, 2.05) is 38.1 Å². The molecule has 1 aromatic carbocycles. The van der Waals surface area contributed by atoms with Crippen LogP contribution in [0.3, 0.4) is 0 Å². The van der Waals surface area contributed by atoms with E-state index in [9.17, 15) is 4.79 Å². The van der Waals surface area contributed by atoms with Gasteiger partial charge in [-0.3, -0.25) is 0 Å². The van der Waals surface area contributed by atoms with Crippen molar-refractivity contribution in [1.29, 1.82) is 0 Å². The number of aromatic nitrogens is 1. The van der Waals surface area contributed by atoms with Crippen LogP contribution in [0.25, 0.3) is 0 Å². The van der Waals surface area contributed by atoms with Gasteiger partial charge in [0.15, 0.2) is 0 Å². The first-order valence-corrected chi connectivity index (χ1v) is 7.58. The fraction of sp³-hybridized carbons (Fsp3) is 0.286. The molecule has 2 rings (SSSR count). The van der Waals surface area contributed by atoms with Crippen molar-refractivity contribution in [2.45, 2.75) is 13.5 Å². The maximum atomic E-state index is 11.8. The van der Waals surface area contributed by atoms with Gasteiger partial charge in [-0.25, -0.2) is 9.78 Å². The van der Waals surface area contributed by atoms with Gasteiger partial charge in [-0.05, 0) is 25.1 Å². The van der Waals surface area contributed by atoms with Crippen LogP contribution in [0.5, 0.6) is 0 Å². The van der Waals surface area contributed by atoms with Crippen LogP contribution < -0.4 is 15.5 Å². The van der Waals surface area contributed by atoms with Crippen LogP contribution in [0.2, 0.25) is 5.02 Å². The van der Waals surface area contributed by atoms with Crippen LogP contribution in [0.4, 0.5) is 16.2 Å². The van der Waals surface area contributed by atoms with Gasteiger partial charge in [0.05, 0.1) is 22.3 Å². The molecule has 0 unspecified atom stereocenters. The zero-order valence-corrected chi connectivity index (χ0v) is 13.7. The lowest BCUT2D eigenvalue weighted by Crippen LogP contribution is -2.27. The lowest BCUT2D eigenvalue weighted by Gasteiger charge is -2.15. The highest BCUT2D eigenvalue weighted by Gasteiger charge is 2.07. The fourth-order valence-corrected chi connectivity index (χ4v) is 2.86. The van der Waals surface area contributed by atoms with Crippen molar-refractivity contribution < 1.29 is 4.79 Å². The normalized spacial score (nSPS) is 10.3. The largest absolute Gasteiger partial charge is 0.376 e. The van der Waals surface area contributed by atoms with Crippen molar-refractivity contribution in [3.8, 4) is 0 Å². The molecule has 0 radical (unpaired) electrons. The molecule has 2 amide bonds. The number of carbonyl (C=O) groups excluding carboxylic acids is 1. The Hall–Kier alpha value is -1.79. The number of nitrogens with one attached hydrogen (secondary N) is 2. The Labute approximate surface area is 132 Å². The minimum absolute atomic E-state index is 0.269. The number of anilines is 2. The topological polar surface area (TPSA) is 57.3 Å². The first-order chi connectivity index (χ1) is 9.95. The molecule has 7 heteroatoms. The van der Waals surface area contributed by atoms with Crippen molar-refractivity contribution in [2.75, 3.05) is 24.3 Å². The van der Waals surface area contributed by atoms with Gasteiger partial charge in [0.2, 0.25) is 0 Å². The maximum Gasteiger partial charge on any atom is 0.319 e. The second-order valence-electron chi connectivity index (χ2n) is 4.71. The second-order valence-corrected chi connectivity index (χ2v) is 6.44. The van der Waals surface area contributed by atoms with Crippen LogP contribution in [-0.2, 0) is 6.54 Å². The van der Waals surface area contributed by atoms with Crippen molar-refractivity contribution in [3.05, 3.63) is 39.3 Å². The summed E-state index contributed by atoms with van der Waals surface area (Å²) in [6.07, 6.45) is 1.77. The molecule has 0 aliphatic rings. The minimum Gasteiger partial charge on any atom is -0.376 e. The number of urea groups is 1. The van der Waals surface area contributed by atoms with Crippen LogP contribution in [0, 0.1) is 6.92 Å². The molecule has 0 saturated carbocycles. The molecular weight excluding hydrogens is 308 g/mol. The summed E-state index contributed by atoms with van der Waals surface area (Å²) in [5, 5.41) is 7.12. The number of amides is 2. The van der Waals surface area contributed by atoms with Gasteiger partial charge < -0.3 is 15.5 Å². The first kappa shape index (κ1) is 15.6. The zero-order chi connectivity index (χ0) is 15.4. The number of halogens is 1. The van der Waals surface area contributed by atoms with E-state index >= 15 is 0 Å². The molecule has 2 aromatic rings. The summed E-state index contributed by atoms with van der Waals surface area (Å²) in [4.78, 5) is 18.9. The standard InChI is InChI=1S/C14H17ClN4OS/c1-9-16-7-11(21-9)8-17-14(20)18-10-4-5-13(19(2)3)12(15)6-10/h4-7H,8H2,1-3H3,(H2,17,18,20). The third-order valence-corrected chi connectivity index (χ3v) is 4.00. The van der Waals surface area contributed by atoms with Gasteiger partial charge in [0, 0.05) is 30.9 Å². The summed E-state index contributed by atoms with van der Waals surface area (Å²) in [5.41, 5.74) is 1.56. The van der Waals surface area contributed by atoms with E-state index in [1.165, 1.54) is 0 Å². The number of hydrogen-bond acceptors (Lipinski definition) is 4. The summed E-state index contributed by atoms with van der Waals surface area (Å²) < 4.78 is 0. The van der Waals surface area contributed by atoms with Crippen LogP contribution in [-0.4, -0.2) is 25.1 Å². The van der Waals surface area contributed by atoms with E-state index in [0.29, 0.717) is 17.3 Å². The van der Waals surface area contributed by atoms with E-state index < -0.39 is 0 Å². The summed E-state index contributed by atoms with van der Waals surface area (Å²) >= 11 is 7.73.